The summed E-state index contributed by atoms with van der Waals surface area (Å²) in [5.74, 6) is 2.67. The molecule has 0 spiro atoms. The molecule has 0 bridgehead atoms. The summed E-state index contributed by atoms with van der Waals surface area (Å²) in [4.78, 5) is 11.1. The Kier molecular flexibility index (Phi) is 2.40. The summed E-state index contributed by atoms with van der Waals surface area (Å²) in [6.45, 7) is 7.37. The number of hydrogen-bond donors (Lipinski definition) is 2. The van der Waals surface area contributed by atoms with E-state index in [-0.39, 0.29) is 0 Å². The second kappa shape index (κ2) is 3.90. The van der Waals surface area contributed by atoms with Crippen LogP contribution in [0.2, 0.25) is 0 Å². The first-order valence-electron chi connectivity index (χ1n) is 5.90. The van der Waals surface area contributed by atoms with Crippen molar-refractivity contribution in [1.29, 1.82) is 0 Å². The van der Waals surface area contributed by atoms with Crippen molar-refractivity contribution in [3.05, 3.63) is 11.9 Å². The van der Waals surface area contributed by atoms with E-state index >= 15 is 0 Å². The molecule has 2 N–H and O–H groups in total. The third kappa shape index (κ3) is 1.51. The summed E-state index contributed by atoms with van der Waals surface area (Å²) in [7, 11) is 0. The van der Waals surface area contributed by atoms with E-state index in [1.54, 1.807) is 6.33 Å². The number of nitrogens with one attached hydrogen (secondary N) is 2. The van der Waals surface area contributed by atoms with Gasteiger partial charge in [-0.2, -0.15) is 0 Å². The zero-order chi connectivity index (χ0) is 11.0. The lowest BCUT2D eigenvalue weighted by Crippen LogP contribution is -2.44. The fourth-order valence-electron chi connectivity index (χ4n) is 2.46. The molecule has 3 heterocycles. The maximum Gasteiger partial charge on any atom is 0.137 e. The smallest absolute Gasteiger partial charge is 0.137 e. The van der Waals surface area contributed by atoms with Crippen LogP contribution in [0.4, 0.5) is 11.6 Å². The molecule has 1 atom stereocenters. The minimum absolute atomic E-state index is 0.515. The fraction of sp³-hybridized carbons (Fsp3) is 0.636. The van der Waals surface area contributed by atoms with Crippen LogP contribution < -0.4 is 15.5 Å². The lowest BCUT2D eigenvalue weighted by Gasteiger charge is -2.30. The number of hydrogen-bond acceptors (Lipinski definition) is 5. The van der Waals surface area contributed by atoms with Crippen molar-refractivity contribution in [2.75, 3.05) is 42.9 Å². The number of anilines is 2. The highest BCUT2D eigenvalue weighted by molar-refractivity contribution is 5.64. The Morgan fingerprint density at radius 1 is 1.31 bits per heavy atom. The Morgan fingerprint density at radius 2 is 2.12 bits per heavy atom. The highest BCUT2D eigenvalue weighted by atomic mass is 15.2. The van der Waals surface area contributed by atoms with Crippen LogP contribution in [-0.4, -0.2) is 42.7 Å². The van der Waals surface area contributed by atoms with E-state index in [4.69, 9.17) is 0 Å². The fourth-order valence-corrected chi connectivity index (χ4v) is 2.46. The second-order valence-corrected chi connectivity index (χ2v) is 4.48. The Bertz CT molecular complexity index is 386. The normalized spacial score (nSPS) is 24.1. The van der Waals surface area contributed by atoms with Crippen LogP contribution in [0.25, 0.3) is 0 Å². The van der Waals surface area contributed by atoms with Crippen LogP contribution in [0.3, 0.4) is 0 Å². The maximum absolute atomic E-state index is 4.47. The number of nitrogens with zero attached hydrogens (tertiary/aromatic N) is 3. The quantitative estimate of drug-likeness (QED) is 0.716. The highest BCUT2D eigenvalue weighted by Gasteiger charge is 2.26. The third-order valence-corrected chi connectivity index (χ3v) is 3.35. The van der Waals surface area contributed by atoms with Gasteiger partial charge in [0.15, 0.2) is 0 Å². The minimum atomic E-state index is 0.515. The van der Waals surface area contributed by atoms with Gasteiger partial charge in [-0.15, -0.1) is 0 Å². The van der Waals surface area contributed by atoms with E-state index in [0.717, 1.165) is 44.4 Å². The van der Waals surface area contributed by atoms with Crippen molar-refractivity contribution in [2.45, 2.75) is 12.8 Å². The molecule has 0 radical (unpaired) electrons. The first-order chi connectivity index (χ1) is 7.86. The van der Waals surface area contributed by atoms with Gasteiger partial charge in [0.05, 0.1) is 0 Å². The molecule has 16 heavy (non-hydrogen) atoms. The molecule has 1 fully saturated rings. The van der Waals surface area contributed by atoms with Gasteiger partial charge in [-0.3, -0.25) is 0 Å². The van der Waals surface area contributed by atoms with Gasteiger partial charge in [-0.05, 0) is 0 Å². The third-order valence-electron chi connectivity index (χ3n) is 3.35. The number of fused-ring (bicyclic) bond motifs is 1. The molecule has 0 aliphatic carbocycles. The predicted molar refractivity (Wildman–Crippen MR) is 64.0 cm³/mol. The molecule has 5 heteroatoms. The average Bonchev–Trinajstić information content (AvgIpc) is 2.73. The van der Waals surface area contributed by atoms with Gasteiger partial charge in [0.25, 0.3) is 0 Å². The topological polar surface area (TPSA) is 53.1 Å². The Hall–Kier alpha value is -1.36. The zero-order valence-electron chi connectivity index (χ0n) is 9.53. The predicted octanol–water partition coefficient (Wildman–Crippen LogP) is 0.415. The molecule has 0 amide bonds. The molecule has 3 rings (SSSR count). The SMILES string of the molecule is CC1CNc2ncnc(N3CCNCC3)c21. The lowest BCUT2D eigenvalue weighted by atomic mass is 10.1. The van der Waals surface area contributed by atoms with Crippen LogP contribution in [-0.2, 0) is 0 Å². The maximum atomic E-state index is 4.47. The van der Waals surface area contributed by atoms with E-state index in [1.165, 1.54) is 5.56 Å². The lowest BCUT2D eigenvalue weighted by molar-refractivity contribution is 0.582. The monoisotopic (exact) mass is 219 g/mol. The summed E-state index contributed by atoms with van der Waals surface area (Å²) >= 11 is 0. The van der Waals surface area contributed by atoms with Crippen molar-refractivity contribution < 1.29 is 0 Å². The number of piperazine rings is 1. The largest absolute Gasteiger partial charge is 0.369 e. The van der Waals surface area contributed by atoms with Gasteiger partial charge in [0.1, 0.15) is 18.0 Å². The average molecular weight is 219 g/mol. The Labute approximate surface area is 95.3 Å². The summed E-state index contributed by atoms with van der Waals surface area (Å²) in [6, 6.07) is 0. The molecular formula is C11H17N5. The van der Waals surface area contributed by atoms with E-state index in [1.807, 2.05) is 0 Å². The molecule has 2 aliphatic heterocycles. The van der Waals surface area contributed by atoms with Crippen LogP contribution in [0.5, 0.6) is 0 Å². The van der Waals surface area contributed by atoms with Crippen molar-refractivity contribution in [3.63, 3.8) is 0 Å². The minimum Gasteiger partial charge on any atom is -0.369 e. The van der Waals surface area contributed by atoms with E-state index < -0.39 is 0 Å². The van der Waals surface area contributed by atoms with Gasteiger partial charge < -0.3 is 15.5 Å². The van der Waals surface area contributed by atoms with Gasteiger partial charge in [-0.25, -0.2) is 9.97 Å². The first-order valence-corrected chi connectivity index (χ1v) is 5.90. The van der Waals surface area contributed by atoms with Crippen LogP contribution in [0.15, 0.2) is 6.33 Å². The van der Waals surface area contributed by atoms with Crippen molar-refractivity contribution in [1.82, 2.24) is 15.3 Å². The van der Waals surface area contributed by atoms with Gasteiger partial charge in [-0.1, -0.05) is 6.92 Å². The van der Waals surface area contributed by atoms with E-state index in [2.05, 4.69) is 32.4 Å². The summed E-state index contributed by atoms with van der Waals surface area (Å²) in [6.07, 6.45) is 1.67. The van der Waals surface area contributed by atoms with Crippen LogP contribution in [0.1, 0.15) is 18.4 Å². The van der Waals surface area contributed by atoms with Gasteiger partial charge in [0, 0.05) is 44.2 Å². The molecule has 86 valence electrons. The van der Waals surface area contributed by atoms with Crippen molar-refractivity contribution in [3.8, 4) is 0 Å². The number of rotatable bonds is 1. The van der Waals surface area contributed by atoms with Gasteiger partial charge >= 0.3 is 0 Å². The van der Waals surface area contributed by atoms with E-state index in [9.17, 15) is 0 Å². The molecule has 5 nitrogen and oxygen atoms in total. The molecule has 0 aromatic carbocycles. The highest BCUT2D eigenvalue weighted by Crippen LogP contribution is 2.35. The van der Waals surface area contributed by atoms with Crippen LogP contribution >= 0.6 is 0 Å². The molecular weight excluding hydrogens is 202 g/mol. The molecule has 2 aliphatic rings. The zero-order valence-corrected chi connectivity index (χ0v) is 9.53. The van der Waals surface area contributed by atoms with Crippen molar-refractivity contribution in [2.24, 2.45) is 0 Å². The summed E-state index contributed by atoms with van der Waals surface area (Å²) in [5.41, 5.74) is 1.30. The molecule has 0 saturated carbocycles. The van der Waals surface area contributed by atoms with Gasteiger partial charge in [0.2, 0.25) is 0 Å². The Balaban J connectivity index is 1.97. The van der Waals surface area contributed by atoms with E-state index in [0.29, 0.717) is 5.92 Å². The molecule has 1 aromatic heterocycles. The molecule has 1 saturated heterocycles. The molecule has 1 unspecified atom stereocenters. The standard InChI is InChI=1S/C11H17N5/c1-8-6-13-10-9(8)11(15-7-14-10)16-4-2-12-3-5-16/h7-8,12H,2-6H2,1H3,(H,13,14,15). The number of aromatic nitrogens is 2. The second-order valence-electron chi connectivity index (χ2n) is 4.48. The first kappa shape index (κ1) is 9.84. The summed E-state index contributed by atoms with van der Waals surface area (Å²) < 4.78 is 0. The van der Waals surface area contributed by atoms with Crippen LogP contribution in [0, 0.1) is 0 Å². The summed E-state index contributed by atoms with van der Waals surface area (Å²) in [5, 5.41) is 6.70. The Morgan fingerprint density at radius 3 is 2.94 bits per heavy atom. The van der Waals surface area contributed by atoms with Crippen molar-refractivity contribution >= 4 is 11.6 Å². The molecule has 1 aromatic rings.